The van der Waals surface area contributed by atoms with Crippen LogP contribution in [0.15, 0.2) is 0 Å². The van der Waals surface area contributed by atoms with Gasteiger partial charge in [0.25, 0.3) is 0 Å². The van der Waals surface area contributed by atoms with Crippen molar-refractivity contribution in [2.24, 2.45) is 0 Å². The van der Waals surface area contributed by atoms with Crippen LogP contribution in [-0.4, -0.2) is 47.8 Å². The lowest BCUT2D eigenvalue weighted by Gasteiger charge is -2.15. The topological polar surface area (TPSA) is 86.8 Å². The molecule has 7 heteroatoms. The van der Waals surface area contributed by atoms with Crippen molar-refractivity contribution in [2.75, 3.05) is 14.1 Å². The molecule has 0 aromatic rings. The summed E-state index contributed by atoms with van der Waals surface area (Å²) >= 11 is 0. The molecule has 1 N–H and O–H groups in total. The van der Waals surface area contributed by atoms with Crippen molar-refractivity contribution < 1.29 is 19.2 Å². The van der Waals surface area contributed by atoms with Gasteiger partial charge in [-0.3, -0.25) is 14.9 Å². The standard InChI is InChI=1S/C6H7N3O4/c1-8(2)6(13)9-4(11)3(10)7-5(9)12/h1-2H3,(H,7,10,12). The Morgan fingerprint density at radius 2 is 1.85 bits per heavy atom. The van der Waals surface area contributed by atoms with E-state index in [2.05, 4.69) is 0 Å². The highest BCUT2D eigenvalue weighted by Gasteiger charge is 2.42. The molecule has 0 aromatic heterocycles. The van der Waals surface area contributed by atoms with Crippen molar-refractivity contribution in [1.29, 1.82) is 0 Å². The summed E-state index contributed by atoms with van der Waals surface area (Å²) in [5, 5.41) is 1.70. The van der Waals surface area contributed by atoms with Crippen molar-refractivity contribution in [3.8, 4) is 0 Å². The fourth-order valence-corrected chi connectivity index (χ4v) is 0.774. The zero-order valence-electron chi connectivity index (χ0n) is 7.03. The number of urea groups is 2. The van der Waals surface area contributed by atoms with Crippen molar-refractivity contribution in [2.45, 2.75) is 0 Å². The summed E-state index contributed by atoms with van der Waals surface area (Å²) in [6.07, 6.45) is 0. The molecule has 6 amide bonds. The third-order valence-corrected chi connectivity index (χ3v) is 1.39. The van der Waals surface area contributed by atoms with E-state index in [-0.39, 0.29) is 4.90 Å². The minimum absolute atomic E-state index is 0.252. The number of carbonyl (C=O) groups excluding carboxylic acids is 4. The smallest absolute Gasteiger partial charge is 0.330 e. The van der Waals surface area contributed by atoms with E-state index in [1.807, 2.05) is 0 Å². The fraction of sp³-hybridized carbons (Fsp3) is 0.333. The molecule has 1 heterocycles. The summed E-state index contributed by atoms with van der Waals surface area (Å²) in [4.78, 5) is 44.8. The summed E-state index contributed by atoms with van der Waals surface area (Å²) < 4.78 is 0. The van der Waals surface area contributed by atoms with E-state index in [0.29, 0.717) is 0 Å². The van der Waals surface area contributed by atoms with Crippen LogP contribution in [-0.2, 0) is 9.59 Å². The van der Waals surface area contributed by atoms with Gasteiger partial charge in [0.05, 0.1) is 0 Å². The zero-order chi connectivity index (χ0) is 10.2. The van der Waals surface area contributed by atoms with Gasteiger partial charge in [-0.15, -0.1) is 0 Å². The quantitative estimate of drug-likeness (QED) is 0.377. The Labute approximate surface area is 73.3 Å². The van der Waals surface area contributed by atoms with Crippen molar-refractivity contribution >= 4 is 23.9 Å². The first-order valence-corrected chi connectivity index (χ1v) is 3.36. The second-order valence-electron chi connectivity index (χ2n) is 2.58. The fourth-order valence-electron chi connectivity index (χ4n) is 0.774. The first kappa shape index (κ1) is 9.17. The van der Waals surface area contributed by atoms with E-state index in [9.17, 15) is 19.2 Å². The van der Waals surface area contributed by atoms with E-state index >= 15 is 0 Å². The highest BCUT2D eigenvalue weighted by molar-refractivity contribution is 6.48. The van der Waals surface area contributed by atoms with Crippen LogP contribution in [0.3, 0.4) is 0 Å². The van der Waals surface area contributed by atoms with E-state index in [4.69, 9.17) is 0 Å². The van der Waals surface area contributed by atoms with Gasteiger partial charge in [0, 0.05) is 14.1 Å². The van der Waals surface area contributed by atoms with Gasteiger partial charge >= 0.3 is 23.9 Å². The number of nitrogens with zero attached hydrogens (tertiary/aromatic N) is 2. The number of rotatable bonds is 0. The second-order valence-corrected chi connectivity index (χ2v) is 2.58. The van der Waals surface area contributed by atoms with Crippen LogP contribution in [0, 0.1) is 0 Å². The predicted molar refractivity (Wildman–Crippen MR) is 39.5 cm³/mol. The Kier molecular flexibility index (Phi) is 2.01. The molecule has 0 aromatic carbocycles. The monoisotopic (exact) mass is 185 g/mol. The number of hydrogen-bond donors (Lipinski definition) is 1. The lowest BCUT2D eigenvalue weighted by Crippen LogP contribution is -2.43. The molecule has 0 bridgehead atoms. The molecule has 1 rings (SSSR count). The maximum atomic E-state index is 11.1. The van der Waals surface area contributed by atoms with E-state index < -0.39 is 23.9 Å². The molecule has 70 valence electrons. The third-order valence-electron chi connectivity index (χ3n) is 1.39. The Morgan fingerprint density at radius 3 is 2.15 bits per heavy atom. The molecular weight excluding hydrogens is 178 g/mol. The highest BCUT2D eigenvalue weighted by Crippen LogP contribution is 2.03. The van der Waals surface area contributed by atoms with Crippen LogP contribution in [0.4, 0.5) is 9.59 Å². The molecule has 1 saturated heterocycles. The Morgan fingerprint density at radius 1 is 1.31 bits per heavy atom. The first-order chi connectivity index (χ1) is 5.95. The van der Waals surface area contributed by atoms with E-state index in [1.165, 1.54) is 14.1 Å². The second kappa shape index (κ2) is 2.85. The van der Waals surface area contributed by atoms with Crippen LogP contribution in [0.2, 0.25) is 0 Å². The zero-order valence-corrected chi connectivity index (χ0v) is 7.03. The van der Waals surface area contributed by atoms with Crippen molar-refractivity contribution in [3.63, 3.8) is 0 Å². The molecule has 1 fully saturated rings. The van der Waals surface area contributed by atoms with Crippen LogP contribution >= 0.6 is 0 Å². The van der Waals surface area contributed by atoms with Gasteiger partial charge in [-0.25, -0.2) is 9.59 Å². The summed E-state index contributed by atoms with van der Waals surface area (Å²) in [6, 6.07) is -1.85. The predicted octanol–water partition coefficient (Wildman–Crippen LogP) is -1.25. The van der Waals surface area contributed by atoms with Gasteiger partial charge in [0.1, 0.15) is 0 Å². The molecule has 1 aliphatic rings. The summed E-state index contributed by atoms with van der Waals surface area (Å²) in [5.41, 5.74) is 0. The van der Waals surface area contributed by atoms with Gasteiger partial charge < -0.3 is 4.90 Å². The highest BCUT2D eigenvalue weighted by atomic mass is 16.2. The Bertz CT molecular complexity index is 309. The van der Waals surface area contributed by atoms with Gasteiger partial charge in [-0.1, -0.05) is 0 Å². The summed E-state index contributed by atoms with van der Waals surface area (Å²) in [6.45, 7) is 0. The van der Waals surface area contributed by atoms with Crippen LogP contribution < -0.4 is 5.32 Å². The lowest BCUT2D eigenvalue weighted by atomic mass is 10.5. The van der Waals surface area contributed by atoms with Gasteiger partial charge in [-0.05, 0) is 0 Å². The lowest BCUT2D eigenvalue weighted by molar-refractivity contribution is -0.139. The van der Waals surface area contributed by atoms with E-state index in [1.54, 1.807) is 5.32 Å². The number of carbonyl (C=O) groups is 4. The van der Waals surface area contributed by atoms with Gasteiger partial charge in [0.2, 0.25) is 0 Å². The number of nitrogens with one attached hydrogen (secondary N) is 1. The molecule has 0 saturated carbocycles. The average Bonchev–Trinajstić information content (AvgIpc) is 2.26. The molecule has 0 spiro atoms. The molecular formula is C6H7N3O4. The van der Waals surface area contributed by atoms with Crippen molar-refractivity contribution in [3.05, 3.63) is 0 Å². The summed E-state index contributed by atoms with van der Waals surface area (Å²) in [5.74, 6) is -2.23. The van der Waals surface area contributed by atoms with Crippen LogP contribution in [0.1, 0.15) is 0 Å². The van der Waals surface area contributed by atoms with Crippen molar-refractivity contribution in [1.82, 2.24) is 15.1 Å². The average molecular weight is 185 g/mol. The van der Waals surface area contributed by atoms with Crippen LogP contribution in [0.25, 0.3) is 0 Å². The number of amides is 6. The van der Waals surface area contributed by atoms with Gasteiger partial charge in [-0.2, -0.15) is 4.90 Å². The molecule has 0 aliphatic carbocycles. The SMILES string of the molecule is CN(C)C(=O)N1C(=O)NC(=O)C1=O. The number of imide groups is 4. The molecule has 1 aliphatic heterocycles. The minimum Gasteiger partial charge on any atom is -0.330 e. The molecule has 0 radical (unpaired) electrons. The Balaban J connectivity index is 2.93. The van der Waals surface area contributed by atoms with E-state index in [0.717, 1.165) is 4.90 Å². The number of hydrogen-bond acceptors (Lipinski definition) is 4. The minimum atomic E-state index is -1.15. The van der Waals surface area contributed by atoms with Gasteiger partial charge in [0.15, 0.2) is 0 Å². The largest absolute Gasteiger partial charge is 0.340 e. The summed E-state index contributed by atoms with van der Waals surface area (Å²) in [7, 11) is 2.73. The molecule has 7 nitrogen and oxygen atoms in total. The maximum Gasteiger partial charge on any atom is 0.340 e. The first-order valence-electron chi connectivity index (χ1n) is 3.36. The molecule has 0 unspecified atom stereocenters. The third kappa shape index (κ3) is 1.35. The normalized spacial score (nSPS) is 16.2. The van der Waals surface area contributed by atoms with Crippen LogP contribution in [0.5, 0.6) is 0 Å². The maximum absolute atomic E-state index is 11.1. The molecule has 0 atom stereocenters. The molecule has 13 heavy (non-hydrogen) atoms. The Hall–Kier alpha value is -1.92.